The molecule has 4 N–H and O–H groups in total. The minimum absolute atomic E-state index is 0.0156. The number of fused-ring (bicyclic) bond motifs is 1. The van der Waals surface area contributed by atoms with E-state index in [-0.39, 0.29) is 30.5 Å². The number of nitrogens with one attached hydrogen (secondary N) is 1. The summed E-state index contributed by atoms with van der Waals surface area (Å²) in [6, 6.07) is 7.60. The number of halogens is 5. The van der Waals surface area contributed by atoms with Crippen LogP contribution < -0.4 is 20.5 Å². The number of nitrogens with zero attached hydrogens (tertiary/aromatic N) is 1. The number of hydrogen-bond donors (Lipinski definition) is 3. The highest BCUT2D eigenvalue weighted by molar-refractivity contribution is 5.94. The molecule has 30 heavy (non-hydrogen) atoms. The van der Waals surface area contributed by atoms with Crippen molar-refractivity contribution in [3.05, 3.63) is 53.3 Å². The fourth-order valence-electron chi connectivity index (χ4n) is 2.17. The minimum atomic E-state index is -5.08. The second-order valence-electron chi connectivity index (χ2n) is 5.64. The number of hydrogen-bond acceptors (Lipinski definition) is 6. The quantitative estimate of drug-likeness (QED) is 0.630. The molecule has 3 rings (SSSR count). The summed E-state index contributed by atoms with van der Waals surface area (Å²) in [6.45, 7) is 0.231. The maximum atomic E-state index is 13.1. The Hall–Kier alpha value is -3.48. The van der Waals surface area contributed by atoms with Crippen molar-refractivity contribution in [1.82, 2.24) is 10.3 Å². The van der Waals surface area contributed by atoms with Gasteiger partial charge >= 0.3 is 18.4 Å². The number of amides is 1. The fourth-order valence-corrected chi connectivity index (χ4v) is 2.17. The molecule has 0 saturated heterocycles. The summed E-state index contributed by atoms with van der Waals surface area (Å²) in [5, 5.41) is 9.76. The summed E-state index contributed by atoms with van der Waals surface area (Å²) < 4.78 is 66.8. The Morgan fingerprint density at radius 1 is 1.20 bits per heavy atom. The van der Waals surface area contributed by atoms with E-state index in [0.29, 0.717) is 16.8 Å². The van der Waals surface area contributed by atoms with Crippen molar-refractivity contribution in [3.63, 3.8) is 0 Å². The van der Waals surface area contributed by atoms with Crippen LogP contribution in [0, 0.1) is 0 Å². The van der Waals surface area contributed by atoms with Crippen LogP contribution in [0.2, 0.25) is 0 Å². The molecule has 0 fully saturated rings. The molecule has 0 saturated carbocycles. The monoisotopic (exact) mass is 435 g/mol. The molecule has 2 aromatic rings. The number of carbonyl (C=O) groups is 2. The number of para-hydroxylation sites is 1. The molecule has 8 nitrogen and oxygen atoms in total. The van der Waals surface area contributed by atoms with Gasteiger partial charge < -0.3 is 25.6 Å². The molecular formula is C17H14F5N3O5. The molecular weight excluding hydrogens is 421 g/mol. The zero-order chi connectivity index (χ0) is 22.5. The lowest BCUT2D eigenvalue weighted by atomic mass is 10.1. The van der Waals surface area contributed by atoms with Gasteiger partial charge in [-0.2, -0.15) is 13.2 Å². The van der Waals surface area contributed by atoms with E-state index >= 15 is 0 Å². The topological polar surface area (TPSA) is 124 Å². The maximum Gasteiger partial charge on any atom is 0.586 e. The van der Waals surface area contributed by atoms with Gasteiger partial charge in [0, 0.05) is 30.4 Å². The highest BCUT2D eigenvalue weighted by Gasteiger charge is 2.44. The van der Waals surface area contributed by atoms with E-state index in [9.17, 15) is 26.7 Å². The lowest BCUT2D eigenvalue weighted by Crippen LogP contribution is -2.26. The summed E-state index contributed by atoms with van der Waals surface area (Å²) in [7, 11) is 0. The number of carboxylic acids is 1. The van der Waals surface area contributed by atoms with Gasteiger partial charge in [0.1, 0.15) is 0 Å². The van der Waals surface area contributed by atoms with Gasteiger partial charge in [0.05, 0.1) is 5.69 Å². The van der Waals surface area contributed by atoms with Crippen molar-refractivity contribution in [2.24, 2.45) is 5.73 Å². The summed E-state index contributed by atoms with van der Waals surface area (Å²) in [4.78, 5) is 25.0. The van der Waals surface area contributed by atoms with Gasteiger partial charge in [0.2, 0.25) is 0 Å². The lowest BCUT2D eigenvalue weighted by Gasteiger charge is -2.09. The van der Waals surface area contributed by atoms with Crippen LogP contribution in [0.15, 0.2) is 36.5 Å². The average Bonchev–Trinajstić information content (AvgIpc) is 3.00. The molecule has 1 aliphatic rings. The molecule has 13 heteroatoms. The zero-order valence-corrected chi connectivity index (χ0v) is 14.9. The van der Waals surface area contributed by atoms with E-state index in [1.165, 1.54) is 18.3 Å². The van der Waals surface area contributed by atoms with E-state index in [2.05, 4.69) is 19.8 Å². The second kappa shape index (κ2) is 8.90. The largest absolute Gasteiger partial charge is 0.586 e. The lowest BCUT2D eigenvalue weighted by molar-refractivity contribution is -0.286. The Labute approximate surface area is 165 Å². The highest BCUT2D eigenvalue weighted by Crippen LogP contribution is 2.43. The van der Waals surface area contributed by atoms with Crippen LogP contribution in [-0.4, -0.2) is 34.4 Å². The molecule has 0 aliphatic carbocycles. The second-order valence-corrected chi connectivity index (χ2v) is 5.64. The molecule has 0 spiro atoms. The first-order chi connectivity index (χ1) is 13.9. The number of ether oxygens (including phenoxy) is 2. The van der Waals surface area contributed by atoms with Gasteiger partial charge in [-0.3, -0.25) is 9.78 Å². The summed E-state index contributed by atoms with van der Waals surface area (Å²) >= 11 is 0. The van der Waals surface area contributed by atoms with Crippen molar-refractivity contribution in [2.75, 3.05) is 0 Å². The van der Waals surface area contributed by atoms with E-state index < -0.39 is 18.4 Å². The Kier molecular flexibility index (Phi) is 6.77. The van der Waals surface area contributed by atoms with Crippen molar-refractivity contribution in [3.8, 4) is 11.5 Å². The van der Waals surface area contributed by atoms with Crippen molar-refractivity contribution in [1.29, 1.82) is 0 Å². The Bertz CT molecular complexity index is 936. The third-order valence-electron chi connectivity index (χ3n) is 3.48. The molecule has 162 valence electrons. The number of rotatable bonds is 4. The van der Waals surface area contributed by atoms with Crippen LogP contribution in [0.1, 0.15) is 21.6 Å². The molecule has 1 aliphatic heterocycles. The first-order valence-corrected chi connectivity index (χ1v) is 8.04. The van der Waals surface area contributed by atoms with Crippen LogP contribution in [0.25, 0.3) is 0 Å². The molecule has 0 atom stereocenters. The number of carboxylic acid groups (broad SMARTS) is 1. The first-order valence-electron chi connectivity index (χ1n) is 8.04. The molecule has 0 radical (unpaired) electrons. The molecule has 1 aromatic carbocycles. The predicted molar refractivity (Wildman–Crippen MR) is 89.6 cm³/mol. The van der Waals surface area contributed by atoms with Gasteiger partial charge in [-0.05, 0) is 18.2 Å². The third kappa shape index (κ3) is 6.01. The van der Waals surface area contributed by atoms with Crippen LogP contribution in [0.5, 0.6) is 11.5 Å². The van der Waals surface area contributed by atoms with Gasteiger partial charge in [-0.25, -0.2) is 4.79 Å². The molecule has 1 aromatic heterocycles. The first kappa shape index (κ1) is 22.8. The SMILES string of the molecule is NCc1cc(C(=O)NCc2cccc3c2OC(F)(F)O3)ccn1.O=C(O)C(F)(F)F. The smallest absolute Gasteiger partial charge is 0.475 e. The number of pyridine rings is 1. The summed E-state index contributed by atoms with van der Waals surface area (Å²) in [5.41, 5.74) is 6.83. The number of alkyl halides is 5. The van der Waals surface area contributed by atoms with E-state index in [1.54, 1.807) is 18.2 Å². The number of carbonyl (C=O) groups excluding carboxylic acids is 1. The predicted octanol–water partition coefficient (Wildman–Crippen LogP) is 2.43. The van der Waals surface area contributed by atoms with Crippen molar-refractivity contribution < 1.29 is 46.1 Å². The van der Waals surface area contributed by atoms with Gasteiger partial charge in [-0.15, -0.1) is 8.78 Å². The third-order valence-corrected chi connectivity index (χ3v) is 3.48. The van der Waals surface area contributed by atoms with Crippen LogP contribution in [0.4, 0.5) is 22.0 Å². The zero-order valence-electron chi connectivity index (χ0n) is 14.9. The number of aliphatic carboxylic acids is 1. The van der Waals surface area contributed by atoms with Crippen LogP contribution in [0.3, 0.4) is 0 Å². The number of aromatic nitrogens is 1. The van der Waals surface area contributed by atoms with E-state index in [0.717, 1.165) is 0 Å². The summed E-state index contributed by atoms with van der Waals surface area (Å²) in [6.07, 6.45) is -7.29. The maximum absolute atomic E-state index is 13.1. The highest BCUT2D eigenvalue weighted by atomic mass is 19.4. The molecule has 2 heterocycles. The summed E-state index contributed by atoms with van der Waals surface area (Å²) in [5.74, 6) is -3.26. The molecule has 1 amide bonds. The number of nitrogens with two attached hydrogens (primary N) is 1. The van der Waals surface area contributed by atoms with Crippen molar-refractivity contribution in [2.45, 2.75) is 25.6 Å². The normalized spacial score (nSPS) is 13.8. The van der Waals surface area contributed by atoms with Crippen molar-refractivity contribution >= 4 is 11.9 Å². The number of benzene rings is 1. The Morgan fingerprint density at radius 2 is 1.87 bits per heavy atom. The van der Waals surface area contributed by atoms with E-state index in [1.807, 2.05) is 0 Å². The minimum Gasteiger partial charge on any atom is -0.475 e. The van der Waals surface area contributed by atoms with Gasteiger partial charge in [-0.1, -0.05) is 12.1 Å². The fraction of sp³-hybridized carbons (Fsp3) is 0.235. The van der Waals surface area contributed by atoms with E-state index in [4.69, 9.17) is 15.6 Å². The van der Waals surface area contributed by atoms with Crippen LogP contribution >= 0.6 is 0 Å². The average molecular weight is 435 g/mol. The molecule has 0 bridgehead atoms. The Morgan fingerprint density at radius 3 is 2.47 bits per heavy atom. The van der Waals surface area contributed by atoms with Gasteiger partial charge in [0.25, 0.3) is 5.91 Å². The standard InChI is InChI=1S/C15H13F2N3O3.C2HF3O2/c16-15(17)22-12-3-1-2-10(13(12)23-15)8-20-14(21)9-4-5-19-11(6-9)7-18;3-2(4,5)1(6)7/h1-6H,7-8,18H2,(H,20,21);(H,6,7). The van der Waals surface area contributed by atoms with Gasteiger partial charge in [0.15, 0.2) is 11.5 Å². The van der Waals surface area contributed by atoms with Crippen LogP contribution in [-0.2, 0) is 17.9 Å². The Balaban J connectivity index is 0.000000396. The molecule has 0 unspecified atom stereocenters.